The van der Waals surface area contributed by atoms with Crippen LogP contribution in [0.15, 0.2) is 0 Å². The average molecular weight is 281 g/mol. The van der Waals surface area contributed by atoms with Crippen molar-refractivity contribution >= 4 is 11.9 Å². The lowest BCUT2D eigenvalue weighted by Crippen LogP contribution is -2.58. The summed E-state index contributed by atoms with van der Waals surface area (Å²) < 4.78 is 0. The summed E-state index contributed by atoms with van der Waals surface area (Å²) >= 11 is 0. The molecule has 0 bridgehead atoms. The molecule has 0 aromatic heterocycles. The van der Waals surface area contributed by atoms with E-state index in [0.29, 0.717) is 13.0 Å². The number of hydrogen-bond donors (Lipinski definition) is 1. The van der Waals surface area contributed by atoms with Gasteiger partial charge in [-0.25, -0.2) is 4.79 Å². The molecule has 0 radical (unpaired) electrons. The summed E-state index contributed by atoms with van der Waals surface area (Å²) in [6, 6.07) is 0. The van der Waals surface area contributed by atoms with Crippen molar-refractivity contribution in [3.8, 4) is 0 Å². The quantitative estimate of drug-likeness (QED) is 0.845. The zero-order valence-electron chi connectivity index (χ0n) is 12.6. The standard InChI is InChI=1S/C16H27NO3/c1-16(15(19)20)11-7-8-12-17(16)14(18)13-9-5-3-2-4-6-10-13/h13H,2-12H2,1H3,(H,19,20). The largest absolute Gasteiger partial charge is 0.480 e. The van der Waals surface area contributed by atoms with Crippen LogP contribution >= 0.6 is 0 Å². The van der Waals surface area contributed by atoms with Crippen LogP contribution in [0.2, 0.25) is 0 Å². The fourth-order valence-corrected chi connectivity index (χ4v) is 3.62. The van der Waals surface area contributed by atoms with Gasteiger partial charge >= 0.3 is 5.97 Å². The highest BCUT2D eigenvalue weighted by atomic mass is 16.4. The van der Waals surface area contributed by atoms with Crippen LogP contribution in [0.4, 0.5) is 0 Å². The van der Waals surface area contributed by atoms with Gasteiger partial charge in [0.25, 0.3) is 0 Å². The third-order valence-electron chi connectivity index (χ3n) is 5.07. The molecule has 1 unspecified atom stereocenters. The van der Waals surface area contributed by atoms with E-state index in [-0.39, 0.29) is 11.8 Å². The molecule has 2 fully saturated rings. The normalized spacial score (nSPS) is 29.6. The van der Waals surface area contributed by atoms with Crippen LogP contribution in [0, 0.1) is 5.92 Å². The lowest BCUT2D eigenvalue weighted by atomic mass is 9.84. The van der Waals surface area contributed by atoms with E-state index in [4.69, 9.17) is 0 Å². The minimum Gasteiger partial charge on any atom is -0.480 e. The third kappa shape index (κ3) is 3.15. The number of likely N-dealkylation sites (tertiary alicyclic amines) is 1. The van der Waals surface area contributed by atoms with Gasteiger partial charge in [0.15, 0.2) is 0 Å². The topological polar surface area (TPSA) is 57.6 Å². The van der Waals surface area contributed by atoms with Crippen LogP contribution in [-0.4, -0.2) is 34.0 Å². The Labute approximate surface area is 121 Å². The molecule has 1 N–H and O–H groups in total. The van der Waals surface area contributed by atoms with Gasteiger partial charge in [-0.1, -0.05) is 32.1 Å². The van der Waals surface area contributed by atoms with Crippen molar-refractivity contribution in [2.24, 2.45) is 5.92 Å². The molecule has 1 aliphatic carbocycles. The van der Waals surface area contributed by atoms with Crippen molar-refractivity contribution in [1.29, 1.82) is 0 Å². The number of aliphatic carboxylic acids is 1. The van der Waals surface area contributed by atoms with Crippen LogP contribution in [0.5, 0.6) is 0 Å². The lowest BCUT2D eigenvalue weighted by Gasteiger charge is -2.43. The molecule has 1 saturated heterocycles. The Balaban J connectivity index is 2.10. The molecule has 0 aromatic carbocycles. The number of amides is 1. The molecule has 1 amide bonds. The van der Waals surface area contributed by atoms with Crippen LogP contribution in [0.3, 0.4) is 0 Å². The molecule has 114 valence electrons. The summed E-state index contributed by atoms with van der Waals surface area (Å²) in [6.07, 6.45) is 10.2. The van der Waals surface area contributed by atoms with Crippen molar-refractivity contribution in [2.75, 3.05) is 6.54 Å². The number of hydrogen-bond acceptors (Lipinski definition) is 2. The zero-order chi connectivity index (χ0) is 14.6. The number of carboxylic acids is 1. The molecule has 0 aromatic rings. The molecule has 1 atom stereocenters. The minimum atomic E-state index is -0.988. The number of nitrogens with zero attached hydrogens (tertiary/aromatic N) is 1. The summed E-state index contributed by atoms with van der Waals surface area (Å²) in [6.45, 7) is 2.33. The maximum absolute atomic E-state index is 12.8. The van der Waals surface area contributed by atoms with Gasteiger partial charge in [0.2, 0.25) is 5.91 Å². The van der Waals surface area contributed by atoms with Crippen LogP contribution < -0.4 is 0 Å². The first-order valence-electron chi connectivity index (χ1n) is 8.10. The molecular weight excluding hydrogens is 254 g/mol. The predicted molar refractivity (Wildman–Crippen MR) is 77.4 cm³/mol. The minimum absolute atomic E-state index is 0.0482. The molecule has 2 rings (SSSR count). The monoisotopic (exact) mass is 281 g/mol. The number of carboxylic acid groups (broad SMARTS) is 1. The van der Waals surface area contributed by atoms with Crippen molar-refractivity contribution < 1.29 is 14.7 Å². The van der Waals surface area contributed by atoms with E-state index >= 15 is 0 Å². The van der Waals surface area contributed by atoms with Crippen LogP contribution in [0.25, 0.3) is 0 Å². The molecule has 1 saturated carbocycles. The van der Waals surface area contributed by atoms with Crippen LogP contribution in [-0.2, 0) is 9.59 Å². The molecule has 4 heteroatoms. The van der Waals surface area contributed by atoms with E-state index < -0.39 is 11.5 Å². The van der Waals surface area contributed by atoms with Crippen molar-refractivity contribution in [1.82, 2.24) is 4.90 Å². The average Bonchev–Trinajstić information content (AvgIpc) is 2.38. The Morgan fingerprint density at radius 1 is 1.00 bits per heavy atom. The Morgan fingerprint density at radius 3 is 2.20 bits per heavy atom. The van der Waals surface area contributed by atoms with Gasteiger partial charge in [0, 0.05) is 12.5 Å². The highest BCUT2D eigenvalue weighted by Gasteiger charge is 2.45. The number of carbonyl (C=O) groups excluding carboxylic acids is 1. The Hall–Kier alpha value is -1.06. The summed E-state index contributed by atoms with van der Waals surface area (Å²) in [5.74, 6) is -0.708. The first-order chi connectivity index (χ1) is 9.55. The van der Waals surface area contributed by atoms with Crippen molar-refractivity contribution in [3.63, 3.8) is 0 Å². The maximum Gasteiger partial charge on any atom is 0.329 e. The van der Waals surface area contributed by atoms with E-state index in [1.54, 1.807) is 11.8 Å². The molecule has 1 heterocycles. The second-order valence-corrected chi connectivity index (χ2v) is 6.57. The molecule has 0 spiro atoms. The van der Waals surface area contributed by atoms with E-state index in [1.165, 1.54) is 19.3 Å². The van der Waals surface area contributed by atoms with E-state index in [9.17, 15) is 14.7 Å². The van der Waals surface area contributed by atoms with E-state index in [0.717, 1.165) is 38.5 Å². The fraction of sp³-hybridized carbons (Fsp3) is 0.875. The highest BCUT2D eigenvalue weighted by Crippen LogP contribution is 2.32. The van der Waals surface area contributed by atoms with Gasteiger partial charge in [0.05, 0.1) is 0 Å². The van der Waals surface area contributed by atoms with Crippen molar-refractivity contribution in [3.05, 3.63) is 0 Å². The molecule has 20 heavy (non-hydrogen) atoms. The first-order valence-corrected chi connectivity index (χ1v) is 8.10. The zero-order valence-corrected chi connectivity index (χ0v) is 12.6. The smallest absolute Gasteiger partial charge is 0.329 e. The number of rotatable bonds is 2. The van der Waals surface area contributed by atoms with Gasteiger partial charge in [0.1, 0.15) is 5.54 Å². The third-order valence-corrected chi connectivity index (χ3v) is 5.07. The Bertz CT molecular complexity index is 361. The van der Waals surface area contributed by atoms with Gasteiger partial charge in [-0.15, -0.1) is 0 Å². The summed E-state index contributed by atoms with van der Waals surface area (Å²) in [5.41, 5.74) is -0.988. The van der Waals surface area contributed by atoms with Crippen LogP contribution in [0.1, 0.15) is 71.1 Å². The Morgan fingerprint density at radius 2 is 1.60 bits per heavy atom. The van der Waals surface area contributed by atoms with Gasteiger partial charge in [-0.3, -0.25) is 4.79 Å². The summed E-state index contributed by atoms with van der Waals surface area (Å²) in [7, 11) is 0. The van der Waals surface area contributed by atoms with E-state index in [1.807, 2.05) is 0 Å². The van der Waals surface area contributed by atoms with Gasteiger partial charge in [-0.2, -0.15) is 0 Å². The summed E-state index contributed by atoms with van der Waals surface area (Å²) in [5, 5.41) is 9.52. The van der Waals surface area contributed by atoms with Gasteiger partial charge in [-0.05, 0) is 39.0 Å². The molecular formula is C16H27NO3. The lowest BCUT2D eigenvalue weighted by molar-refractivity contribution is -0.163. The Kier molecular flexibility index (Phi) is 5.06. The fourth-order valence-electron chi connectivity index (χ4n) is 3.62. The summed E-state index contributed by atoms with van der Waals surface area (Å²) in [4.78, 5) is 26.1. The molecule has 1 aliphatic heterocycles. The predicted octanol–water partition coefficient (Wildman–Crippen LogP) is 3.20. The van der Waals surface area contributed by atoms with Crippen molar-refractivity contribution in [2.45, 2.75) is 76.7 Å². The second kappa shape index (κ2) is 6.59. The highest BCUT2D eigenvalue weighted by molar-refractivity contribution is 5.88. The molecule has 4 nitrogen and oxygen atoms in total. The van der Waals surface area contributed by atoms with E-state index in [2.05, 4.69) is 0 Å². The first kappa shape index (κ1) is 15.3. The number of piperidine rings is 1. The number of carbonyl (C=O) groups is 2. The maximum atomic E-state index is 12.8. The van der Waals surface area contributed by atoms with Gasteiger partial charge < -0.3 is 10.0 Å². The second-order valence-electron chi connectivity index (χ2n) is 6.57. The SMILES string of the molecule is CC1(C(=O)O)CCCCN1C(=O)C1CCCCCCC1. The molecule has 2 aliphatic rings.